The molecular weight excluding hydrogens is 371 g/mol. The number of ether oxygens (including phenoxy) is 1. The number of hydrogen-bond acceptors (Lipinski definition) is 4. The summed E-state index contributed by atoms with van der Waals surface area (Å²) in [5.74, 6) is 0.302. The number of amides is 1. The Morgan fingerprint density at radius 1 is 1.15 bits per heavy atom. The minimum absolute atomic E-state index is 0.297. The third kappa shape index (κ3) is 5.52. The van der Waals surface area contributed by atoms with Gasteiger partial charge in [-0.05, 0) is 51.1 Å². The number of aromatic nitrogens is 1. The van der Waals surface area contributed by atoms with Gasteiger partial charge in [0.05, 0.1) is 11.3 Å². The van der Waals surface area contributed by atoms with Crippen LogP contribution >= 0.6 is 11.8 Å². The van der Waals surface area contributed by atoms with Crippen molar-refractivity contribution in [2.75, 3.05) is 9.74 Å². The highest BCUT2D eigenvalue weighted by Gasteiger charge is 2.30. The molecule has 140 valence electrons. The fourth-order valence-electron chi connectivity index (χ4n) is 1.91. The zero-order chi connectivity index (χ0) is 19.5. The first kappa shape index (κ1) is 19.8. The molecule has 2 aromatic rings. The molecule has 0 fully saturated rings. The van der Waals surface area contributed by atoms with Crippen molar-refractivity contribution in [1.29, 1.82) is 0 Å². The minimum Gasteiger partial charge on any atom is -0.443 e. The summed E-state index contributed by atoms with van der Waals surface area (Å²) in [7, 11) is 0. The van der Waals surface area contributed by atoms with E-state index in [9.17, 15) is 18.0 Å². The Labute approximate surface area is 153 Å². The summed E-state index contributed by atoms with van der Waals surface area (Å²) in [6, 6.07) is 7.44. The first-order chi connectivity index (χ1) is 12.0. The van der Waals surface area contributed by atoms with E-state index in [-0.39, 0.29) is 0 Å². The van der Waals surface area contributed by atoms with Gasteiger partial charge in [0.2, 0.25) is 0 Å². The van der Waals surface area contributed by atoms with Crippen LogP contribution in [-0.4, -0.2) is 16.7 Å². The summed E-state index contributed by atoms with van der Waals surface area (Å²) in [6.45, 7) is 5.12. The smallest absolute Gasteiger partial charge is 0.429 e. The molecule has 1 heterocycles. The maximum atomic E-state index is 12.6. The van der Waals surface area contributed by atoms with Gasteiger partial charge in [-0.25, -0.2) is 9.78 Å². The molecule has 0 aliphatic heterocycles. The molecule has 9 heteroatoms. The van der Waals surface area contributed by atoms with E-state index in [4.69, 9.17) is 16.5 Å². The van der Waals surface area contributed by atoms with Crippen molar-refractivity contribution in [1.82, 2.24) is 4.98 Å². The first-order valence-corrected chi connectivity index (χ1v) is 7.89. The van der Waals surface area contributed by atoms with Gasteiger partial charge in [0, 0.05) is 29.7 Å². The van der Waals surface area contributed by atoms with Gasteiger partial charge >= 0.3 is 12.3 Å². The van der Waals surface area contributed by atoms with E-state index in [0.717, 1.165) is 16.6 Å². The number of hydrogen-bond donors (Lipinski definition) is 1. The van der Waals surface area contributed by atoms with Gasteiger partial charge in [0.1, 0.15) is 11.4 Å². The minimum atomic E-state index is -4.40. The second kappa shape index (κ2) is 7.41. The molecule has 0 aliphatic rings. The molecule has 1 aromatic carbocycles. The Bertz CT molecular complexity index is 774. The monoisotopic (exact) mass is 387 g/mol. The van der Waals surface area contributed by atoms with Crippen LogP contribution in [0.4, 0.5) is 35.2 Å². The Balaban J connectivity index is 2.13. The van der Waals surface area contributed by atoms with E-state index in [1.165, 1.54) is 30.5 Å². The summed E-state index contributed by atoms with van der Waals surface area (Å²) >= 11 is 5.99. The molecule has 0 saturated carbocycles. The van der Waals surface area contributed by atoms with Gasteiger partial charge in [-0.15, -0.1) is 0 Å². The lowest BCUT2D eigenvalue weighted by Crippen LogP contribution is -2.31. The van der Waals surface area contributed by atoms with Crippen molar-refractivity contribution in [2.45, 2.75) is 32.5 Å². The third-order valence-corrected chi connectivity index (χ3v) is 3.34. The van der Waals surface area contributed by atoms with Crippen molar-refractivity contribution >= 4 is 35.1 Å². The predicted molar refractivity (Wildman–Crippen MR) is 93.5 cm³/mol. The fraction of sp³-hybridized carbons (Fsp3) is 0.294. The van der Waals surface area contributed by atoms with Gasteiger partial charge in [0.15, 0.2) is 0 Å². The zero-order valence-corrected chi connectivity index (χ0v) is 15.0. The standard InChI is InChI=1S/C17H17ClF3N3O2/c1-16(2,3)26-15(25)24(18)13-8-9-22-14(10-13)23-12-6-4-11(5-7-12)17(19,20)21/h4-10H,1-3H3,(H,22,23). The highest BCUT2D eigenvalue weighted by Crippen LogP contribution is 2.30. The Morgan fingerprint density at radius 3 is 2.31 bits per heavy atom. The number of carbonyl (C=O) groups is 1. The lowest BCUT2D eigenvalue weighted by atomic mass is 10.2. The highest BCUT2D eigenvalue weighted by atomic mass is 35.5. The number of rotatable bonds is 3. The number of benzene rings is 1. The first-order valence-electron chi connectivity index (χ1n) is 7.55. The lowest BCUT2D eigenvalue weighted by Gasteiger charge is -2.23. The normalized spacial score (nSPS) is 11.8. The summed E-state index contributed by atoms with van der Waals surface area (Å²) in [5, 5.41) is 2.85. The van der Waals surface area contributed by atoms with Gasteiger partial charge < -0.3 is 10.1 Å². The molecule has 1 amide bonds. The SMILES string of the molecule is CC(C)(C)OC(=O)N(Cl)c1ccnc(Nc2ccc(C(F)(F)F)cc2)c1. The molecule has 0 unspecified atom stereocenters. The number of nitrogens with one attached hydrogen (secondary N) is 1. The second-order valence-electron chi connectivity index (χ2n) is 6.36. The molecule has 2 rings (SSSR count). The topological polar surface area (TPSA) is 54.5 Å². The molecule has 5 nitrogen and oxygen atoms in total. The average Bonchev–Trinajstić information content (AvgIpc) is 2.52. The maximum Gasteiger partial charge on any atom is 0.429 e. The largest absolute Gasteiger partial charge is 0.443 e. The summed E-state index contributed by atoms with van der Waals surface area (Å²) in [4.78, 5) is 16.0. The van der Waals surface area contributed by atoms with Crippen molar-refractivity contribution in [3.8, 4) is 0 Å². The highest BCUT2D eigenvalue weighted by molar-refractivity contribution is 6.35. The number of nitrogens with zero attached hydrogens (tertiary/aromatic N) is 2. The zero-order valence-electron chi connectivity index (χ0n) is 14.3. The van der Waals surface area contributed by atoms with E-state index in [0.29, 0.717) is 17.2 Å². The molecule has 0 atom stereocenters. The van der Waals surface area contributed by atoms with E-state index < -0.39 is 23.4 Å². The molecule has 0 saturated heterocycles. The van der Waals surface area contributed by atoms with Crippen molar-refractivity contribution in [3.63, 3.8) is 0 Å². The molecular formula is C17H17ClF3N3O2. The number of halogens is 4. The van der Waals surface area contributed by atoms with Crippen LogP contribution in [0.5, 0.6) is 0 Å². The molecule has 1 aromatic heterocycles. The van der Waals surface area contributed by atoms with Crippen LogP contribution in [-0.2, 0) is 10.9 Å². The van der Waals surface area contributed by atoms with Crippen LogP contribution in [0.2, 0.25) is 0 Å². The van der Waals surface area contributed by atoms with Gasteiger partial charge in [-0.1, -0.05) is 0 Å². The Hall–Kier alpha value is -2.48. The lowest BCUT2D eigenvalue weighted by molar-refractivity contribution is -0.137. The van der Waals surface area contributed by atoms with Gasteiger partial charge in [-0.3, -0.25) is 0 Å². The van der Waals surface area contributed by atoms with Crippen LogP contribution in [0.15, 0.2) is 42.6 Å². The molecule has 0 aliphatic carbocycles. The van der Waals surface area contributed by atoms with Gasteiger partial charge in [0.25, 0.3) is 0 Å². The number of pyridine rings is 1. The Kier molecular flexibility index (Phi) is 5.65. The summed E-state index contributed by atoms with van der Waals surface area (Å²) in [6.07, 6.45) is -3.75. The number of anilines is 3. The van der Waals surface area contributed by atoms with Crippen molar-refractivity contribution in [3.05, 3.63) is 48.2 Å². The maximum absolute atomic E-state index is 12.6. The van der Waals surface area contributed by atoms with E-state index >= 15 is 0 Å². The second-order valence-corrected chi connectivity index (χ2v) is 6.70. The molecule has 1 N–H and O–H groups in total. The molecule has 0 spiro atoms. The van der Waals surface area contributed by atoms with Crippen LogP contribution in [0, 0.1) is 0 Å². The summed E-state index contributed by atoms with van der Waals surface area (Å²) in [5.41, 5.74) is -0.758. The van der Waals surface area contributed by atoms with Crippen molar-refractivity contribution < 1.29 is 22.7 Å². The fourth-order valence-corrected chi connectivity index (χ4v) is 2.05. The predicted octanol–water partition coefficient (Wildman–Crippen LogP) is 5.74. The van der Waals surface area contributed by atoms with E-state index in [2.05, 4.69) is 10.3 Å². The van der Waals surface area contributed by atoms with Crippen LogP contribution in [0.1, 0.15) is 26.3 Å². The van der Waals surface area contributed by atoms with Crippen LogP contribution in [0.25, 0.3) is 0 Å². The number of alkyl halides is 3. The van der Waals surface area contributed by atoms with Crippen molar-refractivity contribution in [2.24, 2.45) is 0 Å². The van der Waals surface area contributed by atoms with Crippen LogP contribution in [0.3, 0.4) is 0 Å². The molecule has 0 bridgehead atoms. The van der Waals surface area contributed by atoms with Gasteiger partial charge in [-0.2, -0.15) is 17.6 Å². The third-order valence-electron chi connectivity index (χ3n) is 3.01. The Morgan fingerprint density at radius 2 is 1.77 bits per heavy atom. The quantitative estimate of drug-likeness (QED) is 0.682. The average molecular weight is 388 g/mol. The summed E-state index contributed by atoms with van der Waals surface area (Å²) < 4.78 is 43.7. The number of carbonyl (C=O) groups excluding carboxylic acids is 1. The molecule has 0 radical (unpaired) electrons. The molecule has 26 heavy (non-hydrogen) atoms. The van der Waals surface area contributed by atoms with E-state index in [1.54, 1.807) is 20.8 Å². The van der Waals surface area contributed by atoms with Crippen LogP contribution < -0.4 is 9.74 Å². The van der Waals surface area contributed by atoms with E-state index in [1.807, 2.05) is 0 Å².